The largest absolute Gasteiger partial charge is 0.513 e. The normalized spacial score (nSPS) is 27.8. The fourth-order valence-electron chi connectivity index (χ4n) is 5.54. The predicted octanol–water partition coefficient (Wildman–Crippen LogP) is 1.52. The van der Waals surface area contributed by atoms with Gasteiger partial charge in [-0.3, -0.25) is 14.8 Å². The summed E-state index contributed by atoms with van der Waals surface area (Å²) in [4.78, 5) is 41.7. The minimum Gasteiger partial charge on any atom is -0.435 e. The summed E-state index contributed by atoms with van der Waals surface area (Å²) in [5.74, 6) is -1.89. The maximum atomic E-state index is 13.3. The number of rotatable bonds is 4. The van der Waals surface area contributed by atoms with Crippen molar-refractivity contribution in [3.63, 3.8) is 0 Å². The lowest BCUT2D eigenvalue weighted by Gasteiger charge is -2.49. The number of hydrogen-bond acceptors (Lipinski definition) is 5. The smallest absolute Gasteiger partial charge is 0.435 e. The van der Waals surface area contributed by atoms with Gasteiger partial charge in [-0.25, -0.2) is 9.96 Å². The van der Waals surface area contributed by atoms with Crippen LogP contribution in [0.3, 0.4) is 0 Å². The highest BCUT2D eigenvalue weighted by molar-refractivity contribution is 5.87. The van der Waals surface area contributed by atoms with Crippen molar-refractivity contribution in [3.8, 4) is 0 Å². The number of para-hydroxylation sites is 1. The van der Waals surface area contributed by atoms with Crippen LogP contribution < -0.4 is 10.4 Å². The van der Waals surface area contributed by atoms with Crippen molar-refractivity contribution in [2.24, 2.45) is 11.8 Å². The van der Waals surface area contributed by atoms with E-state index in [2.05, 4.69) is 17.0 Å². The molecule has 9 nitrogen and oxygen atoms in total. The molecule has 31 heavy (non-hydrogen) atoms. The van der Waals surface area contributed by atoms with Gasteiger partial charge in [0.05, 0.1) is 31.0 Å². The molecule has 1 aromatic rings. The van der Waals surface area contributed by atoms with Crippen LogP contribution in [-0.2, 0) is 9.59 Å². The molecular weight excluding hydrogens is 400 g/mol. The van der Waals surface area contributed by atoms with Crippen LogP contribution >= 0.6 is 0 Å². The number of amides is 3. The van der Waals surface area contributed by atoms with E-state index in [9.17, 15) is 24.7 Å². The third-order valence-electron chi connectivity index (χ3n) is 7.49. The standard InChI is InChI=1S/C22H30N4O5/c27-20(23-31)19-15-17(26(22(29)30)13-4-14-26)7-8-18(19)21(28)25-11-9-24(10-12-25)16-5-2-1-3-6-16/h1-3,5-6,17-19H,4,7-15H2,(H2-,23,27,29,30,31)/p+1/t17-,18+,19+/m1/s1. The number of anilines is 1. The van der Waals surface area contributed by atoms with E-state index >= 15 is 0 Å². The van der Waals surface area contributed by atoms with E-state index in [1.165, 1.54) is 0 Å². The van der Waals surface area contributed by atoms with Gasteiger partial charge >= 0.3 is 6.09 Å². The van der Waals surface area contributed by atoms with Crippen LogP contribution in [0.15, 0.2) is 30.3 Å². The van der Waals surface area contributed by atoms with Crippen LogP contribution in [0.4, 0.5) is 10.5 Å². The number of nitrogens with one attached hydrogen (secondary N) is 1. The minimum atomic E-state index is -0.860. The van der Waals surface area contributed by atoms with Crippen LogP contribution in [0.25, 0.3) is 0 Å². The number of benzene rings is 1. The van der Waals surface area contributed by atoms with E-state index < -0.39 is 23.8 Å². The number of quaternary nitrogens is 1. The Labute approximate surface area is 181 Å². The Balaban J connectivity index is 1.42. The first kappa shape index (κ1) is 21.6. The van der Waals surface area contributed by atoms with E-state index in [0.717, 1.165) is 25.2 Å². The molecule has 0 spiro atoms. The first-order chi connectivity index (χ1) is 15.0. The molecule has 3 N–H and O–H groups in total. The SMILES string of the molecule is O=C(NO)[C@H]1C[C@H]([N+]2(C(=O)O)CCC2)CC[C@@H]1C(=O)N1CCN(c2ccccc2)CC1. The van der Waals surface area contributed by atoms with Gasteiger partial charge in [0.2, 0.25) is 11.8 Å². The molecule has 1 saturated carbocycles. The highest BCUT2D eigenvalue weighted by atomic mass is 16.5. The van der Waals surface area contributed by atoms with Crippen molar-refractivity contribution in [2.45, 2.75) is 31.7 Å². The molecule has 3 amide bonds. The van der Waals surface area contributed by atoms with Crippen molar-refractivity contribution in [3.05, 3.63) is 30.3 Å². The number of carboxylic acid groups (broad SMARTS) is 1. The number of piperazine rings is 1. The number of carbonyl (C=O) groups excluding carboxylic acids is 2. The van der Waals surface area contributed by atoms with Gasteiger partial charge in [0.15, 0.2) is 0 Å². The van der Waals surface area contributed by atoms with Gasteiger partial charge < -0.3 is 14.9 Å². The highest BCUT2D eigenvalue weighted by Gasteiger charge is 2.54. The number of hydrogen-bond donors (Lipinski definition) is 3. The summed E-state index contributed by atoms with van der Waals surface area (Å²) in [5.41, 5.74) is 2.85. The van der Waals surface area contributed by atoms with Crippen molar-refractivity contribution in [1.82, 2.24) is 10.4 Å². The molecule has 0 radical (unpaired) electrons. The van der Waals surface area contributed by atoms with Crippen molar-refractivity contribution < 1.29 is 29.2 Å². The maximum Gasteiger partial charge on any atom is 0.513 e. The molecule has 1 aromatic carbocycles. The molecule has 2 heterocycles. The van der Waals surface area contributed by atoms with Gasteiger partial charge in [-0.05, 0) is 18.6 Å². The molecule has 2 saturated heterocycles. The number of nitrogens with zero attached hydrogens (tertiary/aromatic N) is 3. The Hall–Kier alpha value is -2.65. The fourth-order valence-corrected chi connectivity index (χ4v) is 5.54. The summed E-state index contributed by atoms with van der Waals surface area (Å²) in [7, 11) is 0. The second-order valence-electron chi connectivity index (χ2n) is 8.92. The first-order valence-corrected chi connectivity index (χ1v) is 11.1. The molecule has 1 aliphatic carbocycles. The molecule has 3 atom stereocenters. The van der Waals surface area contributed by atoms with Crippen LogP contribution in [0, 0.1) is 11.8 Å². The zero-order valence-electron chi connectivity index (χ0n) is 17.7. The van der Waals surface area contributed by atoms with Gasteiger partial charge in [0.25, 0.3) is 0 Å². The molecule has 0 bridgehead atoms. The lowest BCUT2D eigenvalue weighted by atomic mass is 9.73. The van der Waals surface area contributed by atoms with Gasteiger partial charge in [0.1, 0.15) is 0 Å². The summed E-state index contributed by atoms with van der Waals surface area (Å²) < 4.78 is -0.0220. The molecule has 4 rings (SSSR count). The van der Waals surface area contributed by atoms with Crippen molar-refractivity contribution in [1.29, 1.82) is 0 Å². The summed E-state index contributed by atoms with van der Waals surface area (Å²) >= 11 is 0. The fraction of sp³-hybridized carbons (Fsp3) is 0.591. The maximum absolute atomic E-state index is 13.3. The molecule has 9 heteroatoms. The number of likely N-dealkylation sites (tertiary alicyclic amines) is 1. The Morgan fingerprint density at radius 2 is 1.65 bits per heavy atom. The van der Waals surface area contributed by atoms with Crippen LogP contribution in [0.5, 0.6) is 0 Å². The lowest BCUT2D eigenvalue weighted by Crippen LogP contribution is -2.68. The molecular formula is C22H31N4O5+. The van der Waals surface area contributed by atoms with E-state index in [1.807, 2.05) is 23.1 Å². The third kappa shape index (κ3) is 3.99. The van der Waals surface area contributed by atoms with E-state index in [1.54, 1.807) is 5.48 Å². The average molecular weight is 432 g/mol. The second-order valence-corrected chi connectivity index (χ2v) is 8.92. The molecule has 3 aliphatic rings. The van der Waals surface area contributed by atoms with Crippen LogP contribution in [0.1, 0.15) is 25.7 Å². The average Bonchev–Trinajstić information content (AvgIpc) is 2.77. The molecule has 168 valence electrons. The predicted molar refractivity (Wildman–Crippen MR) is 112 cm³/mol. The van der Waals surface area contributed by atoms with Gasteiger partial charge in [-0.2, -0.15) is 4.79 Å². The summed E-state index contributed by atoms with van der Waals surface area (Å²) in [5, 5.41) is 19.0. The van der Waals surface area contributed by atoms with E-state index in [0.29, 0.717) is 45.4 Å². The molecule has 0 unspecified atom stereocenters. The topological polar surface area (TPSA) is 110 Å². The number of hydroxylamine groups is 1. The Bertz CT molecular complexity index is 820. The molecule has 3 fully saturated rings. The quantitative estimate of drug-likeness (QED) is 0.379. The Kier molecular flexibility index (Phi) is 6.15. The lowest BCUT2D eigenvalue weighted by molar-refractivity contribution is -0.920. The van der Waals surface area contributed by atoms with Gasteiger partial charge in [0, 0.05) is 51.1 Å². The van der Waals surface area contributed by atoms with E-state index in [-0.39, 0.29) is 16.4 Å². The van der Waals surface area contributed by atoms with Crippen LogP contribution in [0.2, 0.25) is 0 Å². The third-order valence-corrected chi connectivity index (χ3v) is 7.49. The van der Waals surface area contributed by atoms with E-state index in [4.69, 9.17) is 0 Å². The molecule has 0 aromatic heterocycles. The van der Waals surface area contributed by atoms with Gasteiger partial charge in [-0.1, -0.05) is 18.2 Å². The zero-order chi connectivity index (χ0) is 22.0. The Morgan fingerprint density at radius 3 is 2.19 bits per heavy atom. The highest BCUT2D eigenvalue weighted by Crippen LogP contribution is 2.40. The summed E-state index contributed by atoms with van der Waals surface area (Å²) in [6.07, 6.45) is 1.36. The van der Waals surface area contributed by atoms with Crippen molar-refractivity contribution >= 4 is 23.6 Å². The minimum absolute atomic E-state index is 0.0220. The summed E-state index contributed by atoms with van der Waals surface area (Å²) in [6.45, 7) is 3.73. The summed E-state index contributed by atoms with van der Waals surface area (Å²) in [6, 6.07) is 9.87. The van der Waals surface area contributed by atoms with Crippen molar-refractivity contribution in [2.75, 3.05) is 44.2 Å². The van der Waals surface area contributed by atoms with Gasteiger partial charge in [-0.15, -0.1) is 0 Å². The zero-order valence-corrected chi connectivity index (χ0v) is 17.7. The van der Waals surface area contributed by atoms with Crippen LogP contribution in [-0.4, -0.2) is 82.9 Å². The monoisotopic (exact) mass is 431 g/mol. The molecule has 2 aliphatic heterocycles. The number of carbonyl (C=O) groups is 3. The second kappa shape index (κ2) is 8.84. The first-order valence-electron chi connectivity index (χ1n) is 11.1. The Morgan fingerprint density at radius 1 is 0.968 bits per heavy atom.